The number of rotatable bonds is 3. The molecule has 0 amide bonds. The average Bonchev–Trinajstić information content (AvgIpc) is 2.97. The first kappa shape index (κ1) is 10.4. The molecule has 0 spiro atoms. The molecular weight excluding hydrogens is 226 g/mol. The van der Waals surface area contributed by atoms with E-state index in [0.717, 1.165) is 6.54 Å². The zero-order valence-corrected chi connectivity index (χ0v) is 10.3. The first-order valence-electron chi connectivity index (χ1n) is 5.63. The van der Waals surface area contributed by atoms with Crippen LogP contribution in [0.3, 0.4) is 0 Å². The number of allylic oxidation sites excluding steroid dienone is 1. The number of benzene rings is 1. The van der Waals surface area contributed by atoms with Crippen LogP contribution in [-0.4, -0.2) is 4.57 Å². The third-order valence-corrected chi connectivity index (χ3v) is 3.79. The average molecular weight is 239 g/mol. The van der Waals surface area contributed by atoms with Crippen molar-refractivity contribution < 1.29 is 0 Å². The van der Waals surface area contributed by atoms with Gasteiger partial charge in [-0.2, -0.15) is 0 Å². The Morgan fingerprint density at radius 2 is 2.06 bits per heavy atom. The van der Waals surface area contributed by atoms with Crippen LogP contribution in [0.5, 0.6) is 0 Å². The normalized spacial score (nSPS) is 10.8. The lowest BCUT2D eigenvalue weighted by atomic mass is 10.2. The summed E-state index contributed by atoms with van der Waals surface area (Å²) >= 11 is 1.78. The topological polar surface area (TPSA) is 4.93 Å². The molecule has 0 saturated heterocycles. The minimum Gasteiger partial charge on any atom is -0.336 e. The molecule has 2 aromatic heterocycles. The van der Waals surface area contributed by atoms with Crippen molar-refractivity contribution in [3.8, 4) is 10.6 Å². The molecule has 84 valence electrons. The summed E-state index contributed by atoms with van der Waals surface area (Å²) < 4.78 is 2.31. The van der Waals surface area contributed by atoms with Crippen LogP contribution >= 0.6 is 11.3 Å². The number of nitrogens with zero attached hydrogens (tertiary/aromatic N) is 1. The van der Waals surface area contributed by atoms with Crippen molar-refractivity contribution in [1.82, 2.24) is 4.57 Å². The van der Waals surface area contributed by atoms with E-state index in [2.05, 4.69) is 59.0 Å². The van der Waals surface area contributed by atoms with Gasteiger partial charge in [0, 0.05) is 17.4 Å². The summed E-state index contributed by atoms with van der Waals surface area (Å²) in [4.78, 5) is 1.31. The van der Waals surface area contributed by atoms with Crippen molar-refractivity contribution in [3.63, 3.8) is 0 Å². The molecular formula is C15H13NS. The van der Waals surface area contributed by atoms with Crippen molar-refractivity contribution >= 4 is 22.2 Å². The lowest BCUT2D eigenvalue weighted by Gasteiger charge is -2.06. The van der Waals surface area contributed by atoms with Crippen molar-refractivity contribution in [2.24, 2.45) is 0 Å². The molecule has 0 bridgehead atoms. The lowest BCUT2D eigenvalue weighted by molar-refractivity contribution is 0.876. The van der Waals surface area contributed by atoms with Gasteiger partial charge >= 0.3 is 0 Å². The van der Waals surface area contributed by atoms with Crippen LogP contribution in [0.25, 0.3) is 21.5 Å². The second-order valence-corrected chi connectivity index (χ2v) is 4.91. The SMILES string of the molecule is C=CCn1c(-c2cccs2)cc2ccccc21. The summed E-state index contributed by atoms with van der Waals surface area (Å²) in [5.41, 5.74) is 2.55. The number of hydrogen-bond acceptors (Lipinski definition) is 1. The van der Waals surface area contributed by atoms with E-state index in [4.69, 9.17) is 0 Å². The first-order chi connectivity index (χ1) is 8.40. The van der Waals surface area contributed by atoms with Gasteiger partial charge in [-0.25, -0.2) is 0 Å². The van der Waals surface area contributed by atoms with Gasteiger partial charge in [0.2, 0.25) is 0 Å². The second-order valence-electron chi connectivity index (χ2n) is 3.96. The molecule has 3 aromatic rings. The summed E-state index contributed by atoms with van der Waals surface area (Å²) in [7, 11) is 0. The Morgan fingerprint density at radius 1 is 1.18 bits per heavy atom. The Balaban J connectivity index is 2.29. The van der Waals surface area contributed by atoms with Crippen molar-refractivity contribution in [1.29, 1.82) is 0 Å². The Kier molecular flexibility index (Phi) is 2.57. The van der Waals surface area contributed by atoms with E-state index in [1.54, 1.807) is 11.3 Å². The van der Waals surface area contributed by atoms with Gasteiger partial charge in [0.1, 0.15) is 0 Å². The van der Waals surface area contributed by atoms with E-state index < -0.39 is 0 Å². The molecule has 0 unspecified atom stereocenters. The van der Waals surface area contributed by atoms with Gasteiger partial charge in [0.15, 0.2) is 0 Å². The van der Waals surface area contributed by atoms with Gasteiger partial charge in [0.25, 0.3) is 0 Å². The predicted molar refractivity (Wildman–Crippen MR) is 75.4 cm³/mol. The third kappa shape index (κ3) is 1.71. The van der Waals surface area contributed by atoms with Crippen LogP contribution < -0.4 is 0 Å². The summed E-state index contributed by atoms with van der Waals surface area (Å²) in [6, 6.07) is 15.0. The van der Waals surface area contributed by atoms with Crippen LogP contribution in [0.2, 0.25) is 0 Å². The maximum Gasteiger partial charge on any atom is 0.0595 e. The molecule has 1 aromatic carbocycles. The number of thiophene rings is 1. The third-order valence-electron chi connectivity index (χ3n) is 2.90. The van der Waals surface area contributed by atoms with Crippen molar-refractivity contribution in [3.05, 3.63) is 60.5 Å². The van der Waals surface area contributed by atoms with Gasteiger partial charge in [-0.05, 0) is 23.6 Å². The molecule has 17 heavy (non-hydrogen) atoms. The quantitative estimate of drug-likeness (QED) is 0.591. The van der Waals surface area contributed by atoms with Crippen LogP contribution in [0.1, 0.15) is 0 Å². The highest BCUT2D eigenvalue weighted by Gasteiger charge is 2.09. The van der Waals surface area contributed by atoms with E-state index in [1.165, 1.54) is 21.5 Å². The molecule has 0 saturated carbocycles. The minimum atomic E-state index is 0.848. The van der Waals surface area contributed by atoms with Gasteiger partial charge < -0.3 is 4.57 Å². The molecule has 0 aliphatic rings. The van der Waals surface area contributed by atoms with E-state index in [0.29, 0.717) is 0 Å². The molecule has 0 atom stereocenters. The largest absolute Gasteiger partial charge is 0.336 e. The molecule has 2 heteroatoms. The van der Waals surface area contributed by atoms with Crippen LogP contribution in [0, 0.1) is 0 Å². The smallest absolute Gasteiger partial charge is 0.0595 e. The van der Waals surface area contributed by atoms with Crippen molar-refractivity contribution in [2.75, 3.05) is 0 Å². The molecule has 2 heterocycles. The van der Waals surface area contributed by atoms with Crippen LogP contribution in [-0.2, 0) is 6.54 Å². The van der Waals surface area contributed by atoms with Crippen molar-refractivity contribution in [2.45, 2.75) is 6.54 Å². The monoisotopic (exact) mass is 239 g/mol. The number of fused-ring (bicyclic) bond motifs is 1. The van der Waals surface area contributed by atoms with Gasteiger partial charge in [-0.3, -0.25) is 0 Å². The highest BCUT2D eigenvalue weighted by molar-refractivity contribution is 7.13. The number of hydrogen-bond donors (Lipinski definition) is 0. The van der Waals surface area contributed by atoms with Crippen LogP contribution in [0.4, 0.5) is 0 Å². The van der Waals surface area contributed by atoms with Gasteiger partial charge in [-0.15, -0.1) is 17.9 Å². The van der Waals surface area contributed by atoms with Gasteiger partial charge in [0.05, 0.1) is 10.6 Å². The Hall–Kier alpha value is -1.80. The molecule has 0 aliphatic carbocycles. The zero-order valence-electron chi connectivity index (χ0n) is 9.47. The first-order valence-corrected chi connectivity index (χ1v) is 6.51. The molecule has 0 aliphatic heterocycles. The molecule has 0 fully saturated rings. The predicted octanol–water partition coefficient (Wildman–Crippen LogP) is 4.56. The fourth-order valence-corrected chi connectivity index (χ4v) is 2.92. The zero-order chi connectivity index (χ0) is 11.7. The Bertz CT molecular complexity index is 647. The highest BCUT2D eigenvalue weighted by Crippen LogP contribution is 2.31. The standard InChI is InChI=1S/C15H13NS/c1-2-9-16-13-7-4-3-6-12(13)11-14(16)15-8-5-10-17-15/h2-8,10-11H,1,9H2. The molecule has 1 nitrogen and oxygen atoms in total. The lowest BCUT2D eigenvalue weighted by Crippen LogP contribution is -1.96. The number of para-hydroxylation sites is 1. The van der Waals surface area contributed by atoms with Gasteiger partial charge in [-0.1, -0.05) is 30.3 Å². The Morgan fingerprint density at radius 3 is 2.82 bits per heavy atom. The maximum absolute atomic E-state index is 3.85. The minimum absolute atomic E-state index is 0.848. The van der Waals surface area contributed by atoms with E-state index in [1.807, 2.05) is 6.08 Å². The highest BCUT2D eigenvalue weighted by atomic mass is 32.1. The molecule has 3 rings (SSSR count). The molecule has 0 N–H and O–H groups in total. The van der Waals surface area contributed by atoms with E-state index in [-0.39, 0.29) is 0 Å². The Labute approximate surface area is 105 Å². The number of aromatic nitrogens is 1. The maximum atomic E-state index is 3.85. The fraction of sp³-hybridized carbons (Fsp3) is 0.0667. The summed E-state index contributed by atoms with van der Waals surface area (Å²) in [5.74, 6) is 0. The summed E-state index contributed by atoms with van der Waals surface area (Å²) in [6.45, 7) is 4.70. The second kappa shape index (κ2) is 4.22. The summed E-state index contributed by atoms with van der Waals surface area (Å²) in [5, 5.41) is 3.41. The fourth-order valence-electron chi connectivity index (χ4n) is 2.16. The van der Waals surface area contributed by atoms with E-state index >= 15 is 0 Å². The molecule has 0 radical (unpaired) electrons. The van der Waals surface area contributed by atoms with E-state index in [9.17, 15) is 0 Å². The summed E-state index contributed by atoms with van der Waals surface area (Å²) in [6.07, 6.45) is 1.95. The van der Waals surface area contributed by atoms with Crippen LogP contribution in [0.15, 0.2) is 60.5 Å².